The predicted octanol–water partition coefficient (Wildman–Crippen LogP) is 2.45. The topological polar surface area (TPSA) is 75.3 Å². The zero-order chi connectivity index (χ0) is 17.9. The lowest BCUT2D eigenvalue weighted by Gasteiger charge is -2.22. The first-order valence-corrected chi connectivity index (χ1v) is 10.1. The Balaban J connectivity index is 1.78. The average molecular weight is 358 g/mol. The molecule has 1 saturated heterocycles. The minimum absolute atomic E-state index is 0.0775. The van der Waals surface area contributed by atoms with Crippen molar-refractivity contribution in [3.05, 3.63) is 65.7 Å². The number of rotatable bonds is 5. The molecule has 2 aromatic carbocycles. The second-order valence-electron chi connectivity index (χ2n) is 6.47. The van der Waals surface area contributed by atoms with Crippen LogP contribution in [-0.2, 0) is 14.6 Å². The summed E-state index contributed by atoms with van der Waals surface area (Å²) < 4.78 is 23.4. The summed E-state index contributed by atoms with van der Waals surface area (Å²) in [4.78, 5) is 12.8. The fourth-order valence-electron chi connectivity index (χ4n) is 2.98. The van der Waals surface area contributed by atoms with E-state index in [1.165, 1.54) is 0 Å². The van der Waals surface area contributed by atoms with E-state index in [2.05, 4.69) is 10.6 Å². The van der Waals surface area contributed by atoms with Crippen molar-refractivity contribution in [1.29, 1.82) is 0 Å². The molecule has 0 saturated carbocycles. The zero-order valence-corrected chi connectivity index (χ0v) is 14.9. The van der Waals surface area contributed by atoms with E-state index in [9.17, 15) is 13.2 Å². The fourth-order valence-corrected chi connectivity index (χ4v) is 4.67. The van der Waals surface area contributed by atoms with Gasteiger partial charge >= 0.3 is 0 Å². The molecule has 1 aliphatic heterocycles. The zero-order valence-electron chi connectivity index (χ0n) is 14.1. The van der Waals surface area contributed by atoms with Gasteiger partial charge in [0.05, 0.1) is 11.5 Å². The van der Waals surface area contributed by atoms with Gasteiger partial charge in [0.15, 0.2) is 9.84 Å². The van der Waals surface area contributed by atoms with Gasteiger partial charge in [-0.1, -0.05) is 48.0 Å². The average Bonchev–Trinajstić information content (AvgIpc) is 2.94. The third-order valence-corrected chi connectivity index (χ3v) is 6.12. The number of amides is 1. The van der Waals surface area contributed by atoms with Crippen molar-refractivity contribution in [3.63, 3.8) is 0 Å². The molecule has 1 heterocycles. The summed E-state index contributed by atoms with van der Waals surface area (Å²) in [5, 5.41) is 6.14. The molecule has 0 aromatic heterocycles. The first-order chi connectivity index (χ1) is 11.9. The third-order valence-electron chi connectivity index (χ3n) is 4.35. The minimum Gasteiger partial charge on any atom is -0.324 e. The van der Waals surface area contributed by atoms with Gasteiger partial charge in [-0.25, -0.2) is 8.42 Å². The van der Waals surface area contributed by atoms with Gasteiger partial charge in [-0.3, -0.25) is 10.1 Å². The molecule has 0 spiro atoms. The largest absolute Gasteiger partial charge is 0.324 e. The van der Waals surface area contributed by atoms with E-state index >= 15 is 0 Å². The number of anilines is 1. The smallest absolute Gasteiger partial charge is 0.246 e. The molecule has 6 heteroatoms. The minimum atomic E-state index is -3.01. The molecule has 2 atom stereocenters. The summed E-state index contributed by atoms with van der Waals surface area (Å²) in [6.45, 7) is 1.99. The summed E-state index contributed by atoms with van der Waals surface area (Å²) in [5.41, 5.74) is 2.65. The number of hydrogen-bond acceptors (Lipinski definition) is 4. The Morgan fingerprint density at radius 1 is 1.08 bits per heavy atom. The van der Waals surface area contributed by atoms with Crippen LogP contribution in [0.2, 0.25) is 0 Å². The summed E-state index contributed by atoms with van der Waals surface area (Å²) in [6, 6.07) is 16.1. The number of benzene rings is 2. The Labute approximate surface area is 148 Å². The van der Waals surface area contributed by atoms with Crippen LogP contribution in [0.5, 0.6) is 0 Å². The van der Waals surface area contributed by atoms with E-state index < -0.39 is 15.9 Å². The lowest BCUT2D eigenvalue weighted by molar-refractivity contribution is -0.118. The Bertz CT molecular complexity index is 833. The molecule has 3 rings (SSSR count). The lowest BCUT2D eigenvalue weighted by atomic mass is 10.0. The highest BCUT2D eigenvalue weighted by Crippen LogP contribution is 2.20. The highest BCUT2D eigenvalue weighted by atomic mass is 32.2. The maximum absolute atomic E-state index is 12.8. The van der Waals surface area contributed by atoms with Crippen LogP contribution in [0.15, 0.2) is 54.6 Å². The van der Waals surface area contributed by atoms with Gasteiger partial charge in [-0.15, -0.1) is 0 Å². The van der Waals surface area contributed by atoms with Crippen LogP contribution in [0.1, 0.15) is 23.6 Å². The van der Waals surface area contributed by atoms with Crippen molar-refractivity contribution >= 4 is 21.4 Å². The highest BCUT2D eigenvalue weighted by molar-refractivity contribution is 7.91. The molecule has 1 aliphatic rings. The van der Waals surface area contributed by atoms with Crippen molar-refractivity contribution in [1.82, 2.24) is 5.32 Å². The SMILES string of the molecule is Cc1ccc(NC(=O)[C@H](N[C@@H]2CCS(=O)(=O)C2)c2ccccc2)cc1. The molecule has 1 amide bonds. The number of sulfone groups is 1. The van der Waals surface area contributed by atoms with Crippen LogP contribution in [0.25, 0.3) is 0 Å². The van der Waals surface area contributed by atoms with E-state index in [0.29, 0.717) is 6.42 Å². The Morgan fingerprint density at radius 3 is 2.36 bits per heavy atom. The van der Waals surface area contributed by atoms with Crippen LogP contribution >= 0.6 is 0 Å². The first kappa shape index (κ1) is 17.6. The van der Waals surface area contributed by atoms with Crippen LogP contribution in [0, 0.1) is 6.92 Å². The molecule has 25 heavy (non-hydrogen) atoms. The highest BCUT2D eigenvalue weighted by Gasteiger charge is 2.32. The molecule has 132 valence electrons. The summed E-state index contributed by atoms with van der Waals surface area (Å²) in [6.07, 6.45) is 0.531. The summed E-state index contributed by atoms with van der Waals surface area (Å²) in [7, 11) is -3.01. The standard InChI is InChI=1S/C19H22N2O3S/c1-14-7-9-16(10-8-14)21-19(22)18(15-5-3-2-4-6-15)20-17-11-12-25(23,24)13-17/h2-10,17-18,20H,11-13H2,1H3,(H,21,22)/t17-,18-/m1/s1. The Morgan fingerprint density at radius 2 is 1.76 bits per heavy atom. The van der Waals surface area contributed by atoms with Gasteiger partial charge in [0.2, 0.25) is 5.91 Å². The maximum Gasteiger partial charge on any atom is 0.246 e. The lowest BCUT2D eigenvalue weighted by Crippen LogP contribution is -2.40. The second-order valence-corrected chi connectivity index (χ2v) is 8.69. The van der Waals surface area contributed by atoms with E-state index in [-0.39, 0.29) is 23.5 Å². The van der Waals surface area contributed by atoms with E-state index in [4.69, 9.17) is 0 Å². The summed E-state index contributed by atoms with van der Waals surface area (Å²) >= 11 is 0. The maximum atomic E-state index is 12.8. The van der Waals surface area contributed by atoms with E-state index in [0.717, 1.165) is 16.8 Å². The monoisotopic (exact) mass is 358 g/mol. The Kier molecular flexibility index (Phi) is 5.20. The molecular weight excluding hydrogens is 336 g/mol. The van der Waals surface area contributed by atoms with Gasteiger partial charge in [0.1, 0.15) is 6.04 Å². The number of hydrogen-bond donors (Lipinski definition) is 2. The molecule has 5 nitrogen and oxygen atoms in total. The van der Waals surface area contributed by atoms with Crippen LogP contribution < -0.4 is 10.6 Å². The molecule has 2 aromatic rings. The van der Waals surface area contributed by atoms with E-state index in [1.807, 2.05) is 61.5 Å². The van der Waals surface area contributed by atoms with Crippen molar-refractivity contribution in [2.45, 2.75) is 25.4 Å². The molecule has 0 bridgehead atoms. The molecule has 0 unspecified atom stereocenters. The number of carbonyl (C=O) groups is 1. The van der Waals surface area contributed by atoms with Crippen LogP contribution in [0.3, 0.4) is 0 Å². The van der Waals surface area contributed by atoms with Crippen molar-refractivity contribution in [3.8, 4) is 0 Å². The van der Waals surface area contributed by atoms with Crippen LogP contribution in [0.4, 0.5) is 5.69 Å². The van der Waals surface area contributed by atoms with Gasteiger partial charge < -0.3 is 5.32 Å². The number of nitrogens with one attached hydrogen (secondary N) is 2. The number of carbonyl (C=O) groups excluding carboxylic acids is 1. The first-order valence-electron chi connectivity index (χ1n) is 8.32. The molecular formula is C19H22N2O3S. The van der Waals surface area contributed by atoms with Gasteiger partial charge in [-0.2, -0.15) is 0 Å². The predicted molar refractivity (Wildman–Crippen MR) is 99.2 cm³/mol. The molecule has 0 radical (unpaired) electrons. The molecule has 2 N–H and O–H groups in total. The normalized spacial score (nSPS) is 20.1. The summed E-state index contributed by atoms with van der Waals surface area (Å²) in [5.74, 6) is 0.0549. The second kappa shape index (κ2) is 7.37. The van der Waals surface area contributed by atoms with Crippen molar-refractivity contribution < 1.29 is 13.2 Å². The van der Waals surface area contributed by atoms with Gasteiger partial charge in [-0.05, 0) is 31.0 Å². The molecule has 1 fully saturated rings. The van der Waals surface area contributed by atoms with Crippen LogP contribution in [-0.4, -0.2) is 31.9 Å². The number of aryl methyl sites for hydroxylation is 1. The van der Waals surface area contributed by atoms with Crippen molar-refractivity contribution in [2.24, 2.45) is 0 Å². The Hall–Kier alpha value is -2.18. The quantitative estimate of drug-likeness (QED) is 0.861. The fraction of sp³-hybridized carbons (Fsp3) is 0.316. The molecule has 0 aliphatic carbocycles. The van der Waals surface area contributed by atoms with E-state index in [1.54, 1.807) is 0 Å². The van der Waals surface area contributed by atoms with Gasteiger partial charge in [0.25, 0.3) is 0 Å². The van der Waals surface area contributed by atoms with Crippen molar-refractivity contribution in [2.75, 3.05) is 16.8 Å². The third kappa shape index (κ3) is 4.67. The van der Waals surface area contributed by atoms with Gasteiger partial charge in [0, 0.05) is 11.7 Å².